The predicted octanol–water partition coefficient (Wildman–Crippen LogP) is 3.30. The Morgan fingerprint density at radius 1 is 1.15 bits per heavy atom. The summed E-state index contributed by atoms with van der Waals surface area (Å²) in [5, 5.41) is 13.6. The molecule has 2 saturated heterocycles. The second-order valence-corrected chi connectivity index (χ2v) is 9.42. The van der Waals surface area contributed by atoms with E-state index in [1.165, 1.54) is 30.3 Å². The van der Waals surface area contributed by atoms with Crippen molar-refractivity contribution in [1.29, 1.82) is 0 Å². The second kappa shape index (κ2) is 10.5. The van der Waals surface area contributed by atoms with Crippen LogP contribution in [-0.4, -0.2) is 55.6 Å². The summed E-state index contributed by atoms with van der Waals surface area (Å²) in [6, 6.07) is 15.7. The van der Waals surface area contributed by atoms with Gasteiger partial charge in [-0.3, -0.25) is 9.59 Å². The molecule has 2 aromatic carbocycles. The van der Waals surface area contributed by atoms with Crippen molar-refractivity contribution in [2.45, 2.75) is 24.5 Å². The molecule has 172 valence electrons. The van der Waals surface area contributed by atoms with Crippen molar-refractivity contribution in [3.05, 3.63) is 54.1 Å². The number of anilines is 3. The van der Waals surface area contributed by atoms with E-state index in [0.29, 0.717) is 5.17 Å². The number of nitrogens with one attached hydrogen (secondary N) is 2. The van der Waals surface area contributed by atoms with Crippen molar-refractivity contribution in [3.8, 4) is 0 Å². The van der Waals surface area contributed by atoms with Crippen LogP contribution in [0.15, 0.2) is 58.7 Å². The summed E-state index contributed by atoms with van der Waals surface area (Å²) >= 11 is 1.22. The van der Waals surface area contributed by atoms with E-state index in [-0.39, 0.29) is 18.2 Å². The molecule has 9 heteroatoms. The fraction of sp³-hybridized carbons (Fsp3) is 0.333. The van der Waals surface area contributed by atoms with Crippen molar-refractivity contribution in [2.24, 2.45) is 10.2 Å². The van der Waals surface area contributed by atoms with Crippen LogP contribution in [0.25, 0.3) is 0 Å². The minimum absolute atomic E-state index is 0.0686. The molecule has 2 heterocycles. The Kier molecular flexibility index (Phi) is 7.29. The zero-order valence-corrected chi connectivity index (χ0v) is 19.6. The first-order chi connectivity index (χ1) is 16.0. The van der Waals surface area contributed by atoms with E-state index in [1.807, 2.05) is 67.5 Å². The lowest BCUT2D eigenvalue weighted by Crippen LogP contribution is -2.28. The number of thioether (sulfide) groups is 1. The van der Waals surface area contributed by atoms with Crippen molar-refractivity contribution >= 4 is 52.0 Å². The van der Waals surface area contributed by atoms with Gasteiger partial charge in [-0.15, -0.1) is 5.10 Å². The van der Waals surface area contributed by atoms with Crippen molar-refractivity contribution < 1.29 is 9.59 Å². The molecule has 2 N–H and O–H groups in total. The van der Waals surface area contributed by atoms with E-state index < -0.39 is 5.25 Å². The Morgan fingerprint density at radius 3 is 2.52 bits per heavy atom. The Balaban J connectivity index is 1.27. The highest BCUT2D eigenvalue weighted by Crippen LogP contribution is 2.25. The van der Waals surface area contributed by atoms with Gasteiger partial charge in [0.05, 0.1) is 6.21 Å². The van der Waals surface area contributed by atoms with E-state index in [4.69, 9.17) is 0 Å². The molecule has 2 amide bonds. The SMILES string of the molecule is CN(C)c1ccc(/C=N/N=C2\NC(=O)C(CC(=O)Nc3ccc(N4CCCC4)cc3)S2)cc1. The molecule has 0 spiro atoms. The molecule has 0 aliphatic carbocycles. The van der Waals surface area contributed by atoms with E-state index in [9.17, 15) is 9.59 Å². The smallest absolute Gasteiger partial charge is 0.240 e. The lowest BCUT2D eigenvalue weighted by molar-refractivity contribution is -0.122. The van der Waals surface area contributed by atoms with Crippen molar-refractivity contribution in [2.75, 3.05) is 42.3 Å². The highest BCUT2D eigenvalue weighted by Gasteiger charge is 2.32. The van der Waals surface area contributed by atoms with Gasteiger partial charge in [0, 0.05) is 50.7 Å². The van der Waals surface area contributed by atoms with Crippen LogP contribution >= 0.6 is 11.8 Å². The highest BCUT2D eigenvalue weighted by atomic mass is 32.2. The van der Waals surface area contributed by atoms with Gasteiger partial charge in [0.25, 0.3) is 0 Å². The van der Waals surface area contributed by atoms with E-state index >= 15 is 0 Å². The minimum Gasteiger partial charge on any atom is -0.378 e. The number of hydrogen-bond acceptors (Lipinski definition) is 7. The normalized spacial score (nSPS) is 19.3. The summed E-state index contributed by atoms with van der Waals surface area (Å²) in [6.45, 7) is 2.16. The summed E-state index contributed by atoms with van der Waals surface area (Å²) in [5.74, 6) is -0.439. The third-order valence-corrected chi connectivity index (χ3v) is 6.61. The Hall–Kier alpha value is -3.33. The zero-order chi connectivity index (χ0) is 23.2. The number of amidine groups is 1. The molecule has 2 aliphatic rings. The number of benzene rings is 2. The molecular formula is C24H28N6O2S. The third-order valence-electron chi connectivity index (χ3n) is 5.53. The molecule has 1 unspecified atom stereocenters. The van der Waals surface area contributed by atoms with Gasteiger partial charge in [-0.05, 0) is 54.8 Å². The van der Waals surface area contributed by atoms with E-state index in [2.05, 4.69) is 25.7 Å². The van der Waals surface area contributed by atoms with Crippen LogP contribution < -0.4 is 20.4 Å². The maximum Gasteiger partial charge on any atom is 0.240 e. The minimum atomic E-state index is -0.526. The quantitative estimate of drug-likeness (QED) is 0.485. The number of amides is 2. The lowest BCUT2D eigenvalue weighted by atomic mass is 10.2. The topological polar surface area (TPSA) is 89.4 Å². The molecule has 2 aliphatic heterocycles. The van der Waals surface area contributed by atoms with Crippen LogP contribution in [0.3, 0.4) is 0 Å². The Labute approximate surface area is 198 Å². The van der Waals surface area contributed by atoms with Crippen LogP contribution in [0, 0.1) is 0 Å². The summed E-state index contributed by atoms with van der Waals surface area (Å²) in [4.78, 5) is 29.1. The zero-order valence-electron chi connectivity index (χ0n) is 18.8. The molecule has 2 fully saturated rings. The summed E-state index contributed by atoms with van der Waals surface area (Å²) in [7, 11) is 3.97. The van der Waals surface area contributed by atoms with E-state index in [0.717, 1.165) is 30.0 Å². The largest absolute Gasteiger partial charge is 0.378 e. The number of carbonyl (C=O) groups is 2. The molecule has 8 nitrogen and oxygen atoms in total. The average molecular weight is 465 g/mol. The predicted molar refractivity (Wildman–Crippen MR) is 136 cm³/mol. The summed E-state index contributed by atoms with van der Waals surface area (Å²) in [5.41, 5.74) is 3.91. The fourth-order valence-electron chi connectivity index (χ4n) is 3.70. The first-order valence-electron chi connectivity index (χ1n) is 11.0. The van der Waals surface area contributed by atoms with Gasteiger partial charge in [-0.2, -0.15) is 5.10 Å². The lowest BCUT2D eigenvalue weighted by Gasteiger charge is -2.17. The molecule has 0 bridgehead atoms. The number of nitrogens with zero attached hydrogens (tertiary/aromatic N) is 4. The molecule has 0 radical (unpaired) electrons. The van der Waals surface area contributed by atoms with E-state index in [1.54, 1.807) is 6.21 Å². The number of carbonyl (C=O) groups excluding carboxylic acids is 2. The van der Waals surface area contributed by atoms with Gasteiger partial charge in [-0.1, -0.05) is 23.9 Å². The van der Waals surface area contributed by atoms with Crippen LogP contribution in [0.4, 0.5) is 17.1 Å². The van der Waals surface area contributed by atoms with Crippen molar-refractivity contribution in [1.82, 2.24) is 5.32 Å². The molecule has 1 atom stereocenters. The fourth-order valence-corrected chi connectivity index (χ4v) is 4.63. The third kappa shape index (κ3) is 6.13. The van der Waals surface area contributed by atoms with Gasteiger partial charge in [0.2, 0.25) is 11.8 Å². The second-order valence-electron chi connectivity index (χ2n) is 8.22. The van der Waals surface area contributed by atoms with Crippen LogP contribution in [0.2, 0.25) is 0 Å². The molecule has 0 saturated carbocycles. The highest BCUT2D eigenvalue weighted by molar-refractivity contribution is 8.15. The Bertz CT molecular complexity index is 1040. The molecule has 33 heavy (non-hydrogen) atoms. The maximum atomic E-state index is 12.4. The van der Waals surface area contributed by atoms with Gasteiger partial charge in [-0.25, -0.2) is 0 Å². The molecule has 2 aromatic rings. The molecule has 0 aromatic heterocycles. The van der Waals surface area contributed by atoms with Gasteiger partial charge < -0.3 is 20.4 Å². The van der Waals surface area contributed by atoms with Crippen molar-refractivity contribution in [3.63, 3.8) is 0 Å². The Morgan fingerprint density at radius 2 is 1.85 bits per heavy atom. The van der Waals surface area contributed by atoms with Crippen LogP contribution in [0.5, 0.6) is 0 Å². The molecule has 4 rings (SSSR count). The first kappa shape index (κ1) is 22.8. The van der Waals surface area contributed by atoms with Gasteiger partial charge in [0.15, 0.2) is 5.17 Å². The maximum absolute atomic E-state index is 12.4. The summed E-state index contributed by atoms with van der Waals surface area (Å²) in [6.07, 6.45) is 4.14. The first-order valence-corrected chi connectivity index (χ1v) is 11.9. The van der Waals surface area contributed by atoms with Crippen LogP contribution in [-0.2, 0) is 9.59 Å². The average Bonchev–Trinajstić information content (AvgIpc) is 3.45. The monoisotopic (exact) mass is 464 g/mol. The van der Waals surface area contributed by atoms with Crippen LogP contribution in [0.1, 0.15) is 24.8 Å². The standard InChI is InChI=1S/C24H28N6O2S/c1-29(2)19-9-5-17(6-10-19)16-25-28-24-27-23(32)21(33-24)15-22(31)26-18-7-11-20(12-8-18)30-13-3-4-14-30/h5-12,16,21H,3-4,13-15H2,1-2H3,(H,26,31)(H,27,28,32)/b25-16+. The molecular weight excluding hydrogens is 436 g/mol. The van der Waals surface area contributed by atoms with Gasteiger partial charge >= 0.3 is 0 Å². The van der Waals surface area contributed by atoms with Gasteiger partial charge in [0.1, 0.15) is 5.25 Å². The number of rotatable bonds is 7. The number of hydrogen-bond donors (Lipinski definition) is 2. The summed E-state index contributed by atoms with van der Waals surface area (Å²) < 4.78 is 0.